The van der Waals surface area contributed by atoms with Gasteiger partial charge in [0.05, 0.1) is 5.69 Å². The van der Waals surface area contributed by atoms with E-state index in [1.54, 1.807) is 0 Å². The van der Waals surface area contributed by atoms with Gasteiger partial charge in [-0.25, -0.2) is 0 Å². The lowest BCUT2D eigenvalue weighted by molar-refractivity contribution is 0.250. The van der Waals surface area contributed by atoms with E-state index in [2.05, 4.69) is 4.98 Å². The number of aliphatic hydroxyl groups excluding tert-OH is 1. The van der Waals surface area contributed by atoms with Crippen LogP contribution in [0.25, 0.3) is 0 Å². The minimum absolute atomic E-state index is 0.273. The summed E-state index contributed by atoms with van der Waals surface area (Å²) in [6.07, 6.45) is 1.81. The summed E-state index contributed by atoms with van der Waals surface area (Å²) >= 11 is 1.82. The largest absolute Gasteiger partial charge is 0.396 e. The molecule has 0 fully saturated rings. The summed E-state index contributed by atoms with van der Waals surface area (Å²) in [4.78, 5) is 4.22. The van der Waals surface area contributed by atoms with E-state index in [4.69, 9.17) is 5.11 Å². The summed E-state index contributed by atoms with van der Waals surface area (Å²) in [5, 5.41) is 8.80. The highest BCUT2D eigenvalue weighted by Crippen LogP contribution is 2.13. The molecule has 1 rings (SSSR count). The summed E-state index contributed by atoms with van der Waals surface area (Å²) in [5.41, 5.74) is 1.11. The van der Waals surface area contributed by atoms with Gasteiger partial charge in [-0.3, -0.25) is 4.98 Å². The van der Waals surface area contributed by atoms with Crippen LogP contribution in [0.3, 0.4) is 0 Å². The minimum Gasteiger partial charge on any atom is -0.396 e. The lowest BCUT2D eigenvalue weighted by Gasteiger charge is -2.06. The first-order valence-electron chi connectivity index (χ1n) is 4.41. The molecule has 0 saturated heterocycles. The third kappa shape index (κ3) is 4.29. The number of rotatable bonds is 5. The number of nitrogens with zero attached hydrogens (tertiary/aromatic N) is 1. The zero-order valence-corrected chi connectivity index (χ0v) is 8.63. The average molecular weight is 197 g/mol. The zero-order valence-electron chi connectivity index (χ0n) is 7.81. The van der Waals surface area contributed by atoms with E-state index < -0.39 is 0 Å². The van der Waals surface area contributed by atoms with Crippen molar-refractivity contribution in [1.82, 2.24) is 4.98 Å². The Morgan fingerprint density at radius 1 is 1.54 bits per heavy atom. The number of pyridine rings is 1. The molecule has 1 aromatic heterocycles. The van der Waals surface area contributed by atoms with Crippen molar-refractivity contribution in [3.63, 3.8) is 0 Å². The molecular formula is C10H15NOS. The Morgan fingerprint density at radius 3 is 3.00 bits per heavy atom. The van der Waals surface area contributed by atoms with Gasteiger partial charge in [0.25, 0.3) is 0 Å². The maximum Gasteiger partial charge on any atom is 0.0502 e. The van der Waals surface area contributed by atoms with Crippen LogP contribution in [0.4, 0.5) is 0 Å². The molecule has 2 nitrogen and oxygen atoms in total. The zero-order chi connectivity index (χ0) is 9.52. The smallest absolute Gasteiger partial charge is 0.0502 e. The van der Waals surface area contributed by atoms with Crippen LogP contribution in [-0.4, -0.2) is 22.5 Å². The summed E-state index contributed by atoms with van der Waals surface area (Å²) < 4.78 is 0. The van der Waals surface area contributed by atoms with Gasteiger partial charge in [0.15, 0.2) is 0 Å². The lowest BCUT2D eigenvalue weighted by atomic mass is 10.2. The van der Waals surface area contributed by atoms with Gasteiger partial charge in [-0.15, -0.1) is 0 Å². The fourth-order valence-corrected chi connectivity index (χ4v) is 1.91. The van der Waals surface area contributed by atoms with Gasteiger partial charge < -0.3 is 5.11 Å². The molecule has 72 valence electrons. The van der Waals surface area contributed by atoms with Crippen molar-refractivity contribution in [2.75, 3.05) is 12.4 Å². The van der Waals surface area contributed by atoms with Gasteiger partial charge in [-0.1, -0.05) is 13.0 Å². The second-order valence-electron chi connectivity index (χ2n) is 3.12. The van der Waals surface area contributed by atoms with E-state index in [9.17, 15) is 0 Å². The first-order valence-corrected chi connectivity index (χ1v) is 5.57. The van der Waals surface area contributed by atoms with E-state index in [0.717, 1.165) is 17.2 Å². The van der Waals surface area contributed by atoms with Crippen LogP contribution in [0.5, 0.6) is 0 Å². The highest BCUT2D eigenvalue weighted by Gasteiger charge is 2.00. The summed E-state index contributed by atoms with van der Waals surface area (Å²) in [6.45, 7) is 2.32. The van der Waals surface area contributed by atoms with Crippen LogP contribution in [0, 0.1) is 5.92 Å². The summed E-state index contributed by atoms with van der Waals surface area (Å²) in [6, 6.07) is 5.94. The molecule has 0 aliphatic rings. The number of hydrogen-bond acceptors (Lipinski definition) is 3. The van der Waals surface area contributed by atoms with E-state index in [1.165, 1.54) is 0 Å². The maximum atomic E-state index is 8.80. The van der Waals surface area contributed by atoms with Gasteiger partial charge in [0.1, 0.15) is 0 Å². The van der Waals surface area contributed by atoms with E-state index in [1.807, 2.05) is 43.1 Å². The summed E-state index contributed by atoms with van der Waals surface area (Å²) in [7, 11) is 0. The first-order chi connectivity index (χ1) is 6.33. The highest BCUT2D eigenvalue weighted by molar-refractivity contribution is 7.98. The Hall–Kier alpha value is -0.540. The van der Waals surface area contributed by atoms with Gasteiger partial charge >= 0.3 is 0 Å². The molecule has 0 aliphatic carbocycles. The molecule has 0 spiro atoms. The Balaban J connectivity index is 2.20. The Labute approximate surface area is 83.4 Å². The third-order valence-corrected chi connectivity index (χ3v) is 2.99. The van der Waals surface area contributed by atoms with E-state index in [-0.39, 0.29) is 6.61 Å². The molecule has 1 atom stereocenters. The van der Waals surface area contributed by atoms with Crippen molar-refractivity contribution in [1.29, 1.82) is 0 Å². The van der Waals surface area contributed by atoms with Crippen LogP contribution < -0.4 is 0 Å². The first kappa shape index (κ1) is 10.5. The lowest BCUT2D eigenvalue weighted by Crippen LogP contribution is -2.03. The number of aliphatic hydroxyl groups is 1. The van der Waals surface area contributed by atoms with Crippen LogP contribution in [0.15, 0.2) is 24.4 Å². The molecule has 1 unspecified atom stereocenters. The van der Waals surface area contributed by atoms with Crippen LogP contribution in [0.1, 0.15) is 12.6 Å². The second kappa shape index (κ2) is 6.00. The molecule has 0 aromatic carbocycles. The second-order valence-corrected chi connectivity index (χ2v) is 4.15. The van der Waals surface area contributed by atoms with Crippen molar-refractivity contribution in [3.05, 3.63) is 30.1 Å². The van der Waals surface area contributed by atoms with Crippen molar-refractivity contribution >= 4 is 11.8 Å². The molecule has 0 aliphatic heterocycles. The normalized spacial score (nSPS) is 12.8. The molecule has 3 heteroatoms. The molecule has 0 bridgehead atoms. The van der Waals surface area contributed by atoms with Gasteiger partial charge in [-0.2, -0.15) is 11.8 Å². The van der Waals surface area contributed by atoms with E-state index >= 15 is 0 Å². The van der Waals surface area contributed by atoms with Crippen molar-refractivity contribution < 1.29 is 5.11 Å². The molecule has 0 radical (unpaired) electrons. The Bertz CT molecular complexity index is 228. The Morgan fingerprint density at radius 2 is 2.38 bits per heavy atom. The van der Waals surface area contributed by atoms with Crippen LogP contribution in [0.2, 0.25) is 0 Å². The fourth-order valence-electron chi connectivity index (χ4n) is 0.901. The molecule has 0 saturated carbocycles. The van der Waals surface area contributed by atoms with Gasteiger partial charge in [-0.05, 0) is 23.8 Å². The minimum atomic E-state index is 0.273. The fraction of sp³-hybridized carbons (Fsp3) is 0.500. The van der Waals surface area contributed by atoms with Crippen LogP contribution in [-0.2, 0) is 5.75 Å². The monoisotopic (exact) mass is 197 g/mol. The number of aromatic nitrogens is 1. The van der Waals surface area contributed by atoms with Crippen molar-refractivity contribution in [2.45, 2.75) is 12.7 Å². The van der Waals surface area contributed by atoms with Crippen molar-refractivity contribution in [3.8, 4) is 0 Å². The molecular weight excluding hydrogens is 182 g/mol. The van der Waals surface area contributed by atoms with E-state index in [0.29, 0.717) is 5.92 Å². The topological polar surface area (TPSA) is 33.1 Å². The highest BCUT2D eigenvalue weighted by atomic mass is 32.2. The van der Waals surface area contributed by atoms with Crippen LogP contribution >= 0.6 is 11.8 Å². The third-order valence-electron chi connectivity index (χ3n) is 1.69. The predicted molar refractivity (Wildman–Crippen MR) is 56.6 cm³/mol. The standard InChI is InChI=1S/C10H15NOS/c1-9(6-12)7-13-8-10-4-2-3-5-11-10/h2-5,9,12H,6-8H2,1H3. The molecule has 1 aromatic rings. The average Bonchev–Trinajstić information content (AvgIpc) is 2.19. The maximum absolute atomic E-state index is 8.80. The Kier molecular flexibility index (Phi) is 4.86. The quantitative estimate of drug-likeness (QED) is 0.783. The SMILES string of the molecule is CC(CO)CSCc1ccccn1. The van der Waals surface area contributed by atoms with Gasteiger partial charge in [0, 0.05) is 18.6 Å². The number of thioether (sulfide) groups is 1. The molecule has 0 amide bonds. The molecule has 1 N–H and O–H groups in total. The summed E-state index contributed by atoms with van der Waals surface area (Å²) in [5.74, 6) is 2.31. The van der Waals surface area contributed by atoms with Gasteiger partial charge in [0.2, 0.25) is 0 Å². The van der Waals surface area contributed by atoms with Crippen molar-refractivity contribution in [2.24, 2.45) is 5.92 Å². The number of hydrogen-bond donors (Lipinski definition) is 1. The predicted octanol–water partition coefficient (Wildman–Crippen LogP) is 1.94. The molecule has 1 heterocycles. The molecule has 13 heavy (non-hydrogen) atoms.